The van der Waals surface area contributed by atoms with Crippen LogP contribution in [0, 0.1) is 0 Å². The number of nitrogens with one attached hydrogen (secondary N) is 1. The molecule has 0 saturated heterocycles. The Hall–Kier alpha value is -2.48. The van der Waals surface area contributed by atoms with Crippen LogP contribution < -0.4 is 5.32 Å². The Kier molecular flexibility index (Phi) is 7.53. The van der Waals surface area contributed by atoms with Gasteiger partial charge in [-0.15, -0.1) is 10.2 Å². The van der Waals surface area contributed by atoms with Gasteiger partial charge in [-0.25, -0.2) is 0 Å². The van der Waals surface area contributed by atoms with E-state index in [0.29, 0.717) is 36.8 Å². The molecule has 8 nitrogen and oxygen atoms in total. The van der Waals surface area contributed by atoms with Gasteiger partial charge in [0, 0.05) is 23.6 Å². The van der Waals surface area contributed by atoms with Gasteiger partial charge in [0.2, 0.25) is 11.7 Å². The third-order valence-corrected chi connectivity index (χ3v) is 3.91. The van der Waals surface area contributed by atoms with E-state index in [4.69, 9.17) is 16.3 Å². The Labute approximate surface area is 156 Å². The largest absolute Gasteiger partial charge is 0.466 e. The Bertz CT molecular complexity index is 732. The summed E-state index contributed by atoms with van der Waals surface area (Å²) in [6.07, 6.45) is 1.30. The lowest BCUT2D eigenvalue weighted by Crippen LogP contribution is -2.34. The SMILES string of the molecule is CCOC(=O)CCCNC(=O)C(CC)n1nnc(-c2ccc(Cl)cc2)n1. The summed E-state index contributed by atoms with van der Waals surface area (Å²) in [5, 5.41) is 15.7. The smallest absolute Gasteiger partial charge is 0.305 e. The first-order valence-electron chi connectivity index (χ1n) is 8.54. The van der Waals surface area contributed by atoms with Gasteiger partial charge in [-0.1, -0.05) is 18.5 Å². The van der Waals surface area contributed by atoms with Crippen molar-refractivity contribution < 1.29 is 14.3 Å². The Balaban J connectivity index is 1.92. The molecular weight excluding hydrogens is 358 g/mol. The van der Waals surface area contributed by atoms with Crippen LogP contribution in [0.15, 0.2) is 24.3 Å². The highest BCUT2D eigenvalue weighted by molar-refractivity contribution is 6.30. The molecule has 0 fully saturated rings. The van der Waals surface area contributed by atoms with Crippen molar-refractivity contribution in [1.82, 2.24) is 25.5 Å². The highest BCUT2D eigenvalue weighted by atomic mass is 35.5. The molecule has 140 valence electrons. The number of carbonyl (C=O) groups excluding carboxylic acids is 2. The third-order valence-electron chi connectivity index (χ3n) is 3.66. The van der Waals surface area contributed by atoms with Crippen LogP contribution in [0.1, 0.15) is 39.2 Å². The molecule has 9 heteroatoms. The number of ether oxygens (including phenoxy) is 1. The maximum atomic E-state index is 12.4. The molecule has 26 heavy (non-hydrogen) atoms. The number of aromatic nitrogens is 4. The van der Waals surface area contributed by atoms with E-state index in [2.05, 4.69) is 20.7 Å². The Morgan fingerprint density at radius 3 is 2.65 bits per heavy atom. The molecule has 1 atom stereocenters. The quantitative estimate of drug-likeness (QED) is 0.530. The first kappa shape index (κ1) is 19.8. The van der Waals surface area contributed by atoms with Crippen molar-refractivity contribution in [3.63, 3.8) is 0 Å². The van der Waals surface area contributed by atoms with Gasteiger partial charge < -0.3 is 10.1 Å². The molecule has 2 aromatic rings. The second kappa shape index (κ2) is 9.86. The van der Waals surface area contributed by atoms with E-state index >= 15 is 0 Å². The van der Waals surface area contributed by atoms with Gasteiger partial charge >= 0.3 is 5.97 Å². The van der Waals surface area contributed by atoms with Crippen molar-refractivity contribution in [3.8, 4) is 11.4 Å². The number of amides is 1. The van der Waals surface area contributed by atoms with Crippen molar-refractivity contribution in [2.75, 3.05) is 13.2 Å². The second-order valence-corrected chi connectivity index (χ2v) is 6.00. The summed E-state index contributed by atoms with van der Waals surface area (Å²) in [7, 11) is 0. The van der Waals surface area contributed by atoms with Gasteiger partial charge in [-0.2, -0.15) is 4.80 Å². The van der Waals surface area contributed by atoms with Gasteiger partial charge in [-0.05, 0) is 49.2 Å². The highest BCUT2D eigenvalue weighted by Gasteiger charge is 2.21. The van der Waals surface area contributed by atoms with Crippen molar-refractivity contribution in [2.24, 2.45) is 0 Å². The maximum absolute atomic E-state index is 12.4. The summed E-state index contributed by atoms with van der Waals surface area (Å²) >= 11 is 5.87. The van der Waals surface area contributed by atoms with Crippen LogP contribution in [0.3, 0.4) is 0 Å². The first-order chi connectivity index (χ1) is 12.5. The molecular formula is C17H22ClN5O3. The number of tetrazole rings is 1. The minimum absolute atomic E-state index is 0.212. The summed E-state index contributed by atoms with van der Waals surface area (Å²) in [4.78, 5) is 25.0. The standard InChI is InChI=1S/C17H22ClN5O3/c1-3-14(17(25)19-11-5-6-15(24)26-4-2)23-21-16(20-22-23)12-7-9-13(18)10-8-12/h7-10,14H,3-6,11H2,1-2H3,(H,19,25). The first-order valence-corrected chi connectivity index (χ1v) is 8.91. The molecule has 1 heterocycles. The molecule has 0 bridgehead atoms. The fourth-order valence-corrected chi connectivity index (χ4v) is 2.45. The van der Waals surface area contributed by atoms with Gasteiger partial charge in [0.05, 0.1) is 6.61 Å². The molecule has 2 rings (SSSR count). The molecule has 1 N–H and O–H groups in total. The van der Waals surface area contributed by atoms with Gasteiger partial charge in [0.1, 0.15) is 0 Å². The number of hydrogen-bond donors (Lipinski definition) is 1. The van der Waals surface area contributed by atoms with Gasteiger partial charge in [-0.3, -0.25) is 9.59 Å². The number of benzene rings is 1. The third kappa shape index (κ3) is 5.52. The molecule has 0 spiro atoms. The molecule has 0 aliphatic heterocycles. The summed E-state index contributed by atoms with van der Waals surface area (Å²) in [5.74, 6) is -0.0500. The molecule has 0 aliphatic rings. The minimum Gasteiger partial charge on any atom is -0.466 e. The van der Waals surface area contributed by atoms with E-state index in [9.17, 15) is 9.59 Å². The molecule has 0 saturated carbocycles. The van der Waals surface area contributed by atoms with E-state index in [0.717, 1.165) is 5.56 Å². The van der Waals surface area contributed by atoms with Crippen LogP contribution in [-0.2, 0) is 14.3 Å². The Morgan fingerprint density at radius 1 is 1.27 bits per heavy atom. The lowest BCUT2D eigenvalue weighted by Gasteiger charge is -2.13. The molecule has 1 aromatic heterocycles. The van der Waals surface area contributed by atoms with E-state index < -0.39 is 6.04 Å². The fraction of sp³-hybridized carbons (Fsp3) is 0.471. The zero-order valence-electron chi connectivity index (χ0n) is 14.8. The van der Waals surface area contributed by atoms with Gasteiger partial charge in [0.25, 0.3) is 0 Å². The minimum atomic E-state index is -0.564. The number of hydrogen-bond acceptors (Lipinski definition) is 6. The van der Waals surface area contributed by atoms with E-state index in [1.165, 1.54) is 4.80 Å². The summed E-state index contributed by atoms with van der Waals surface area (Å²) in [6.45, 7) is 4.37. The average Bonchev–Trinajstić information content (AvgIpc) is 3.10. The van der Waals surface area contributed by atoms with Crippen LogP contribution in [0.4, 0.5) is 0 Å². The van der Waals surface area contributed by atoms with Crippen LogP contribution in [-0.4, -0.2) is 45.2 Å². The lowest BCUT2D eigenvalue weighted by molar-refractivity contribution is -0.143. The molecule has 1 aromatic carbocycles. The number of esters is 1. The topological polar surface area (TPSA) is 99.0 Å². The molecule has 1 unspecified atom stereocenters. The van der Waals surface area contributed by atoms with Crippen molar-refractivity contribution >= 4 is 23.5 Å². The van der Waals surface area contributed by atoms with Crippen LogP contribution in [0.5, 0.6) is 0 Å². The summed E-state index contributed by atoms with van der Waals surface area (Å²) in [6, 6.07) is 6.50. The summed E-state index contributed by atoms with van der Waals surface area (Å²) in [5.41, 5.74) is 0.769. The number of halogens is 1. The monoisotopic (exact) mass is 379 g/mol. The second-order valence-electron chi connectivity index (χ2n) is 5.56. The molecule has 0 radical (unpaired) electrons. The summed E-state index contributed by atoms with van der Waals surface area (Å²) < 4.78 is 4.85. The van der Waals surface area contributed by atoms with E-state index in [1.807, 2.05) is 6.92 Å². The van der Waals surface area contributed by atoms with Gasteiger partial charge in [0.15, 0.2) is 6.04 Å². The van der Waals surface area contributed by atoms with Crippen LogP contribution >= 0.6 is 11.6 Å². The molecule has 1 amide bonds. The molecule has 0 aliphatic carbocycles. The van der Waals surface area contributed by atoms with Crippen molar-refractivity contribution in [2.45, 2.75) is 39.2 Å². The number of rotatable bonds is 9. The van der Waals surface area contributed by atoms with E-state index in [1.54, 1.807) is 31.2 Å². The van der Waals surface area contributed by atoms with E-state index in [-0.39, 0.29) is 18.3 Å². The normalized spacial score (nSPS) is 11.8. The van der Waals surface area contributed by atoms with Crippen LogP contribution in [0.2, 0.25) is 5.02 Å². The van der Waals surface area contributed by atoms with Crippen LogP contribution in [0.25, 0.3) is 11.4 Å². The number of carbonyl (C=O) groups is 2. The maximum Gasteiger partial charge on any atom is 0.305 e. The Morgan fingerprint density at radius 2 is 2.00 bits per heavy atom. The highest BCUT2D eigenvalue weighted by Crippen LogP contribution is 2.18. The zero-order valence-corrected chi connectivity index (χ0v) is 15.6. The number of nitrogens with zero attached hydrogens (tertiary/aromatic N) is 4. The zero-order chi connectivity index (χ0) is 18.9. The lowest BCUT2D eigenvalue weighted by atomic mass is 10.2. The predicted molar refractivity (Wildman–Crippen MR) is 96.5 cm³/mol. The average molecular weight is 380 g/mol. The fourth-order valence-electron chi connectivity index (χ4n) is 2.32. The van der Waals surface area contributed by atoms with Crippen molar-refractivity contribution in [1.29, 1.82) is 0 Å². The van der Waals surface area contributed by atoms with Crippen molar-refractivity contribution in [3.05, 3.63) is 29.3 Å². The predicted octanol–water partition coefficient (Wildman–Crippen LogP) is 2.40.